The number of carbonyl (C=O) groups is 1. The molecule has 0 unspecified atom stereocenters. The maximum absolute atomic E-state index is 12.8. The van der Waals surface area contributed by atoms with Crippen molar-refractivity contribution >= 4 is 12.0 Å². The van der Waals surface area contributed by atoms with E-state index in [4.69, 9.17) is 4.74 Å². The number of esters is 1. The lowest BCUT2D eigenvalue weighted by atomic mass is 10.0. The second-order valence-corrected chi connectivity index (χ2v) is 8.67. The van der Waals surface area contributed by atoms with Gasteiger partial charge in [0.15, 0.2) is 0 Å². The molecule has 1 aromatic heterocycles. The first-order valence-electron chi connectivity index (χ1n) is 10.3. The predicted octanol–water partition coefficient (Wildman–Crippen LogP) is 5.12. The Balaban J connectivity index is 2.25. The molecule has 4 heteroatoms. The van der Waals surface area contributed by atoms with Crippen molar-refractivity contribution in [3.8, 4) is 0 Å². The fourth-order valence-electron chi connectivity index (χ4n) is 2.89. The fourth-order valence-corrected chi connectivity index (χ4v) is 2.89. The van der Waals surface area contributed by atoms with Crippen LogP contribution in [0.3, 0.4) is 0 Å². The molecule has 0 aliphatic heterocycles. The number of aryl methyl sites for hydroxylation is 1. The predicted molar refractivity (Wildman–Crippen MR) is 114 cm³/mol. The molecule has 0 saturated carbocycles. The molecular formula is C24H35N2O2+. The van der Waals surface area contributed by atoms with Crippen LogP contribution in [-0.2, 0) is 22.6 Å². The van der Waals surface area contributed by atoms with Gasteiger partial charge in [-0.25, -0.2) is 13.9 Å². The van der Waals surface area contributed by atoms with Crippen LogP contribution in [0, 0.1) is 0 Å². The van der Waals surface area contributed by atoms with Crippen LogP contribution in [0.2, 0.25) is 0 Å². The highest BCUT2D eigenvalue weighted by Gasteiger charge is 2.22. The standard InChI is InChI=1S/C24H35N2O2/c1-7-8-13-25-14-15-26(18-25)17-22(23(27)28-24(4,5)6)16-20-9-11-21(12-10-20)19(2)3/h9-12,14-16,18-19H,7-8,13,17H2,1-6H3/q+1/b22-16+. The Kier molecular flexibility index (Phi) is 7.61. The molecule has 1 aromatic carbocycles. The molecule has 2 rings (SSSR count). The highest BCUT2D eigenvalue weighted by molar-refractivity contribution is 5.93. The van der Waals surface area contributed by atoms with E-state index in [1.165, 1.54) is 5.56 Å². The highest BCUT2D eigenvalue weighted by Crippen LogP contribution is 2.18. The Morgan fingerprint density at radius 2 is 1.89 bits per heavy atom. The first-order valence-corrected chi connectivity index (χ1v) is 10.3. The molecule has 0 spiro atoms. The number of nitrogens with zero attached hydrogens (tertiary/aromatic N) is 2. The average molecular weight is 384 g/mol. The van der Waals surface area contributed by atoms with Gasteiger partial charge in [0.05, 0.1) is 12.1 Å². The zero-order valence-corrected chi connectivity index (χ0v) is 18.2. The zero-order valence-electron chi connectivity index (χ0n) is 18.2. The van der Waals surface area contributed by atoms with E-state index in [1.54, 1.807) is 0 Å². The molecule has 0 aliphatic rings. The number of hydrogen-bond donors (Lipinski definition) is 0. The SMILES string of the molecule is CCCCn1cc[n+](C/C(=C\c2ccc(C(C)C)cc2)C(=O)OC(C)(C)C)c1. The van der Waals surface area contributed by atoms with Crippen LogP contribution in [0.25, 0.3) is 6.08 Å². The topological polar surface area (TPSA) is 35.1 Å². The van der Waals surface area contributed by atoms with Gasteiger partial charge in [0, 0.05) is 0 Å². The van der Waals surface area contributed by atoms with E-state index in [1.807, 2.05) is 37.6 Å². The van der Waals surface area contributed by atoms with Gasteiger partial charge < -0.3 is 4.74 Å². The van der Waals surface area contributed by atoms with Gasteiger partial charge >= 0.3 is 5.97 Å². The third-order valence-corrected chi connectivity index (χ3v) is 4.47. The van der Waals surface area contributed by atoms with Crippen molar-refractivity contribution in [2.75, 3.05) is 0 Å². The van der Waals surface area contributed by atoms with Crippen LogP contribution >= 0.6 is 0 Å². The van der Waals surface area contributed by atoms with E-state index in [0.29, 0.717) is 18.0 Å². The number of aromatic nitrogens is 2. The fraction of sp³-hybridized carbons (Fsp3) is 0.500. The van der Waals surface area contributed by atoms with Crippen molar-refractivity contribution in [3.63, 3.8) is 0 Å². The smallest absolute Gasteiger partial charge is 0.338 e. The molecule has 0 atom stereocenters. The first kappa shape index (κ1) is 21.9. The minimum absolute atomic E-state index is 0.269. The van der Waals surface area contributed by atoms with Crippen molar-refractivity contribution in [1.29, 1.82) is 0 Å². The van der Waals surface area contributed by atoms with Crippen LogP contribution in [0.4, 0.5) is 0 Å². The summed E-state index contributed by atoms with van der Waals surface area (Å²) < 4.78 is 9.85. The molecule has 0 N–H and O–H groups in total. The Hall–Kier alpha value is -2.36. The summed E-state index contributed by atoms with van der Waals surface area (Å²) in [5, 5.41) is 0. The molecule has 28 heavy (non-hydrogen) atoms. The molecule has 0 amide bonds. The summed E-state index contributed by atoms with van der Waals surface area (Å²) in [6, 6.07) is 8.38. The Morgan fingerprint density at radius 3 is 2.46 bits per heavy atom. The summed E-state index contributed by atoms with van der Waals surface area (Å²) in [7, 11) is 0. The first-order chi connectivity index (χ1) is 13.2. The largest absolute Gasteiger partial charge is 0.456 e. The number of hydrogen-bond acceptors (Lipinski definition) is 2. The second-order valence-electron chi connectivity index (χ2n) is 8.67. The molecule has 0 fully saturated rings. The van der Waals surface area contributed by atoms with Gasteiger partial charge in [-0.05, 0) is 50.3 Å². The molecule has 0 saturated heterocycles. The van der Waals surface area contributed by atoms with E-state index in [9.17, 15) is 4.79 Å². The summed E-state index contributed by atoms with van der Waals surface area (Å²) in [5.41, 5.74) is 2.43. The lowest BCUT2D eigenvalue weighted by molar-refractivity contribution is -0.687. The van der Waals surface area contributed by atoms with Gasteiger partial charge in [-0.15, -0.1) is 0 Å². The molecule has 0 aliphatic carbocycles. The van der Waals surface area contributed by atoms with Gasteiger partial charge in [0.2, 0.25) is 6.33 Å². The number of carbonyl (C=O) groups excluding carboxylic acids is 1. The summed E-state index contributed by atoms with van der Waals surface area (Å²) in [5.74, 6) is 0.219. The van der Waals surface area contributed by atoms with Crippen LogP contribution in [0.5, 0.6) is 0 Å². The summed E-state index contributed by atoms with van der Waals surface area (Å²) in [6.45, 7) is 13.7. The summed E-state index contributed by atoms with van der Waals surface area (Å²) >= 11 is 0. The Bertz CT molecular complexity index is 793. The van der Waals surface area contributed by atoms with Gasteiger partial charge in [0.1, 0.15) is 24.5 Å². The summed E-state index contributed by atoms with van der Waals surface area (Å²) in [4.78, 5) is 12.8. The molecular weight excluding hydrogens is 348 g/mol. The van der Waals surface area contributed by atoms with E-state index >= 15 is 0 Å². The molecule has 0 bridgehead atoms. The van der Waals surface area contributed by atoms with Gasteiger partial charge in [-0.2, -0.15) is 0 Å². The van der Waals surface area contributed by atoms with Crippen molar-refractivity contribution in [2.24, 2.45) is 0 Å². The highest BCUT2D eigenvalue weighted by atomic mass is 16.6. The molecule has 2 aromatic rings. The second kappa shape index (κ2) is 9.72. The van der Waals surface area contributed by atoms with Gasteiger partial charge in [0.25, 0.3) is 0 Å². The van der Waals surface area contributed by atoms with Crippen molar-refractivity contribution in [2.45, 2.75) is 79.0 Å². The number of benzene rings is 1. The lowest BCUT2D eigenvalue weighted by Gasteiger charge is -2.20. The Labute approximate surface area is 169 Å². The Morgan fingerprint density at radius 1 is 1.21 bits per heavy atom. The van der Waals surface area contributed by atoms with Crippen LogP contribution < -0.4 is 4.57 Å². The van der Waals surface area contributed by atoms with Gasteiger partial charge in [-0.3, -0.25) is 0 Å². The maximum Gasteiger partial charge on any atom is 0.338 e. The van der Waals surface area contributed by atoms with Crippen molar-refractivity contribution in [1.82, 2.24) is 4.57 Å². The van der Waals surface area contributed by atoms with Crippen molar-refractivity contribution in [3.05, 3.63) is 59.7 Å². The molecule has 0 radical (unpaired) electrons. The van der Waals surface area contributed by atoms with E-state index in [2.05, 4.69) is 62.1 Å². The zero-order chi connectivity index (χ0) is 20.7. The molecule has 4 nitrogen and oxygen atoms in total. The normalized spacial score (nSPS) is 12.5. The number of unbranched alkanes of at least 4 members (excludes halogenated alkanes) is 1. The third kappa shape index (κ3) is 6.99. The quantitative estimate of drug-likeness (QED) is 0.360. The minimum atomic E-state index is -0.518. The molecule has 1 heterocycles. The number of ether oxygens (including phenoxy) is 1. The monoisotopic (exact) mass is 383 g/mol. The van der Waals surface area contributed by atoms with Gasteiger partial charge in [-0.1, -0.05) is 51.5 Å². The number of imidazole rings is 1. The third-order valence-electron chi connectivity index (χ3n) is 4.47. The molecule has 152 valence electrons. The van der Waals surface area contributed by atoms with Crippen molar-refractivity contribution < 1.29 is 14.1 Å². The van der Waals surface area contributed by atoms with E-state index < -0.39 is 5.60 Å². The van der Waals surface area contributed by atoms with E-state index in [0.717, 1.165) is 24.9 Å². The summed E-state index contributed by atoms with van der Waals surface area (Å²) in [6.07, 6.45) is 10.4. The average Bonchev–Trinajstić information content (AvgIpc) is 3.06. The van der Waals surface area contributed by atoms with Crippen LogP contribution in [-0.4, -0.2) is 16.1 Å². The minimum Gasteiger partial charge on any atom is -0.456 e. The van der Waals surface area contributed by atoms with Crippen LogP contribution in [0.1, 0.15) is 71.4 Å². The van der Waals surface area contributed by atoms with E-state index in [-0.39, 0.29) is 5.97 Å². The van der Waals surface area contributed by atoms with Crippen LogP contribution in [0.15, 0.2) is 48.6 Å². The lowest BCUT2D eigenvalue weighted by Crippen LogP contribution is -2.36. The number of rotatable bonds is 8. The maximum atomic E-state index is 12.8.